The number of carbonyl (C=O) groups excluding carboxylic acids is 2. The van der Waals surface area contributed by atoms with Crippen LogP contribution in [0.3, 0.4) is 0 Å². The van der Waals surface area contributed by atoms with E-state index in [9.17, 15) is 14.0 Å². The third-order valence-electron chi connectivity index (χ3n) is 8.05. The number of halogens is 2. The molecule has 188 valence electrons. The molecule has 0 radical (unpaired) electrons. The molecular weight excluding hydrogens is 467 g/mol. The van der Waals surface area contributed by atoms with Crippen LogP contribution in [0.5, 0.6) is 0 Å². The Balaban J connectivity index is 0.00000289. The van der Waals surface area contributed by atoms with Gasteiger partial charge in [0.25, 0.3) is 0 Å². The van der Waals surface area contributed by atoms with Crippen LogP contribution >= 0.6 is 0 Å². The predicted octanol–water partition coefficient (Wildman–Crippen LogP) is 1.39. The topological polar surface area (TPSA) is 46.6 Å². The zero-order chi connectivity index (χ0) is 23.5. The van der Waals surface area contributed by atoms with E-state index in [0.717, 1.165) is 63.0 Å². The van der Waals surface area contributed by atoms with Crippen molar-refractivity contribution in [1.29, 1.82) is 0 Å². The van der Waals surface area contributed by atoms with Gasteiger partial charge in [-0.1, -0.05) is 48.9 Å². The predicted molar refractivity (Wildman–Crippen MR) is 128 cm³/mol. The molecule has 35 heavy (non-hydrogen) atoms. The highest BCUT2D eigenvalue weighted by Gasteiger charge is 2.49. The van der Waals surface area contributed by atoms with Gasteiger partial charge in [0.1, 0.15) is 24.9 Å². The molecule has 4 aliphatic heterocycles. The lowest BCUT2D eigenvalue weighted by atomic mass is 9.82. The van der Waals surface area contributed by atoms with E-state index < -0.39 is 6.04 Å². The average Bonchev–Trinajstić information content (AvgIpc) is 2.87. The van der Waals surface area contributed by atoms with Crippen molar-refractivity contribution in [2.75, 3.05) is 39.3 Å². The molecule has 2 bridgehead atoms. The van der Waals surface area contributed by atoms with E-state index in [4.69, 9.17) is 4.74 Å². The number of benzene rings is 2. The van der Waals surface area contributed by atoms with E-state index in [1.54, 1.807) is 12.1 Å². The number of hydrogen-bond donors (Lipinski definition) is 0. The molecule has 2 aromatic carbocycles. The van der Waals surface area contributed by atoms with Crippen LogP contribution in [-0.2, 0) is 9.53 Å². The zero-order valence-corrected chi connectivity index (χ0v) is 20.8. The molecule has 0 spiro atoms. The Labute approximate surface area is 213 Å². The maximum atomic E-state index is 13.6. The number of likely N-dealkylation sites (tertiary alicyclic amines) is 1. The molecule has 4 fully saturated rings. The highest BCUT2D eigenvalue weighted by atomic mass is 35.5. The molecule has 0 aliphatic carbocycles. The molecule has 5 nitrogen and oxygen atoms in total. The van der Waals surface area contributed by atoms with Crippen molar-refractivity contribution in [3.8, 4) is 0 Å². The van der Waals surface area contributed by atoms with Crippen LogP contribution in [0.15, 0.2) is 54.6 Å². The normalized spacial score (nSPS) is 27.0. The van der Waals surface area contributed by atoms with E-state index >= 15 is 0 Å². The Morgan fingerprint density at radius 2 is 1.63 bits per heavy atom. The van der Waals surface area contributed by atoms with Crippen LogP contribution in [0.2, 0.25) is 0 Å². The molecule has 6 rings (SSSR count). The summed E-state index contributed by atoms with van der Waals surface area (Å²) in [4.78, 5) is 28.8. The number of fused-ring (bicyclic) bond motifs is 3. The van der Waals surface area contributed by atoms with E-state index in [1.807, 2.05) is 30.3 Å². The average molecular weight is 501 g/mol. The molecule has 7 heteroatoms. The van der Waals surface area contributed by atoms with Gasteiger partial charge in [-0.05, 0) is 43.6 Å². The molecule has 0 saturated carbocycles. The van der Waals surface area contributed by atoms with Gasteiger partial charge in [-0.2, -0.15) is 0 Å². The minimum absolute atomic E-state index is 0. The van der Waals surface area contributed by atoms with E-state index in [2.05, 4.69) is 4.90 Å². The standard InChI is InChI=1S/C28H34FN2O3.ClH/c29-24-11-9-23(10-12-24)27(30-15-5-2-6-16-30)28(33)34-26-20-31(17-13-22(26)14-18-31)19-25(32)21-7-3-1-4-8-21;/h1,3-4,7-12,22,26-27H,2,5-6,13-20H2;1H/q+1;/p-1. The summed E-state index contributed by atoms with van der Waals surface area (Å²) in [6.45, 7) is 4.77. The summed E-state index contributed by atoms with van der Waals surface area (Å²) in [5, 5.41) is 0. The van der Waals surface area contributed by atoms with E-state index in [0.29, 0.717) is 23.5 Å². The fourth-order valence-corrected chi connectivity index (χ4v) is 6.13. The van der Waals surface area contributed by atoms with E-state index in [-0.39, 0.29) is 36.1 Å². The zero-order valence-electron chi connectivity index (χ0n) is 20.1. The van der Waals surface area contributed by atoms with Gasteiger partial charge in [-0.25, -0.2) is 9.18 Å². The minimum atomic E-state index is -0.504. The first kappa shape index (κ1) is 25.8. The van der Waals surface area contributed by atoms with Gasteiger partial charge in [0, 0.05) is 24.3 Å². The third-order valence-corrected chi connectivity index (χ3v) is 8.05. The van der Waals surface area contributed by atoms with Gasteiger partial charge in [0.2, 0.25) is 5.78 Å². The number of Topliss-reactive ketones (excluding diaryl/α,β-unsaturated/α-hetero) is 1. The second-order valence-electron chi connectivity index (χ2n) is 10.3. The van der Waals surface area contributed by atoms with Gasteiger partial charge in [0.15, 0.2) is 6.10 Å². The highest BCUT2D eigenvalue weighted by molar-refractivity contribution is 5.97. The number of quaternary nitrogens is 1. The van der Waals surface area contributed by atoms with Crippen molar-refractivity contribution < 1.29 is 35.6 Å². The van der Waals surface area contributed by atoms with Crippen LogP contribution < -0.4 is 12.4 Å². The van der Waals surface area contributed by atoms with Crippen molar-refractivity contribution in [2.24, 2.45) is 5.92 Å². The van der Waals surface area contributed by atoms with Gasteiger partial charge in [-0.15, -0.1) is 0 Å². The molecule has 4 aliphatic rings. The summed E-state index contributed by atoms with van der Waals surface area (Å²) < 4.78 is 20.5. The SMILES string of the molecule is O=C(C[N+]12CCC(CC1)C(OC(=O)C(c1ccc(F)cc1)N1CCCCC1)C2)c1ccccc1.[Cl-]. The summed E-state index contributed by atoms with van der Waals surface area (Å²) >= 11 is 0. The van der Waals surface area contributed by atoms with E-state index in [1.165, 1.54) is 18.6 Å². The van der Waals surface area contributed by atoms with Gasteiger partial charge in [-0.3, -0.25) is 9.69 Å². The van der Waals surface area contributed by atoms with Crippen molar-refractivity contribution in [3.05, 3.63) is 71.5 Å². The van der Waals surface area contributed by atoms with Gasteiger partial charge in [0.05, 0.1) is 13.1 Å². The molecule has 0 amide bonds. The maximum Gasteiger partial charge on any atom is 0.328 e. The third kappa shape index (κ3) is 5.76. The lowest BCUT2D eigenvalue weighted by Gasteiger charge is -2.51. The van der Waals surface area contributed by atoms with Crippen molar-refractivity contribution in [2.45, 2.75) is 44.2 Å². The largest absolute Gasteiger partial charge is 1.00 e. The summed E-state index contributed by atoms with van der Waals surface area (Å²) in [5.41, 5.74) is 1.54. The fourth-order valence-electron chi connectivity index (χ4n) is 6.13. The molecule has 4 heterocycles. The Kier molecular flexibility index (Phi) is 8.25. The number of carbonyl (C=O) groups is 2. The second kappa shape index (κ2) is 11.2. The summed E-state index contributed by atoms with van der Waals surface area (Å²) in [6, 6.07) is 15.2. The first-order chi connectivity index (χ1) is 16.5. The first-order valence-electron chi connectivity index (χ1n) is 12.7. The number of ketones is 1. The molecule has 2 atom stereocenters. The summed E-state index contributed by atoms with van der Waals surface area (Å²) in [5.74, 6) is -0.0317. The number of rotatable bonds is 7. The Bertz CT molecular complexity index is 1000. The molecule has 4 saturated heterocycles. The number of piperidine rings is 4. The molecule has 0 aromatic heterocycles. The minimum Gasteiger partial charge on any atom is -1.00 e. The highest BCUT2D eigenvalue weighted by Crippen LogP contribution is 2.37. The van der Waals surface area contributed by atoms with Crippen molar-refractivity contribution >= 4 is 11.8 Å². The van der Waals surface area contributed by atoms with Crippen LogP contribution in [0.25, 0.3) is 0 Å². The number of esters is 1. The van der Waals surface area contributed by atoms with Crippen molar-refractivity contribution in [1.82, 2.24) is 4.90 Å². The number of ether oxygens (including phenoxy) is 1. The lowest BCUT2D eigenvalue weighted by molar-refractivity contribution is -0.938. The fraction of sp³-hybridized carbons (Fsp3) is 0.500. The Morgan fingerprint density at radius 3 is 2.29 bits per heavy atom. The maximum absolute atomic E-state index is 13.6. The second-order valence-corrected chi connectivity index (χ2v) is 10.3. The summed E-state index contributed by atoms with van der Waals surface area (Å²) in [6.07, 6.45) is 5.06. The molecular formula is C28H34ClFN2O3. The molecule has 2 unspecified atom stereocenters. The first-order valence-corrected chi connectivity index (χ1v) is 12.7. The quantitative estimate of drug-likeness (QED) is 0.327. The van der Waals surface area contributed by atoms with Crippen LogP contribution in [0, 0.1) is 11.7 Å². The Hall–Kier alpha value is -2.28. The van der Waals surface area contributed by atoms with Gasteiger partial charge < -0.3 is 21.6 Å². The summed E-state index contributed by atoms with van der Waals surface area (Å²) in [7, 11) is 0. The lowest BCUT2D eigenvalue weighted by Crippen LogP contribution is -3.00. The number of hydrogen-bond acceptors (Lipinski definition) is 4. The molecule has 0 N–H and O–H groups in total. The monoisotopic (exact) mass is 500 g/mol. The van der Waals surface area contributed by atoms with Gasteiger partial charge >= 0.3 is 5.97 Å². The number of nitrogens with zero attached hydrogens (tertiary/aromatic N) is 2. The van der Waals surface area contributed by atoms with Crippen LogP contribution in [-0.4, -0.2) is 66.5 Å². The molecule has 2 aromatic rings. The van der Waals surface area contributed by atoms with Crippen molar-refractivity contribution in [3.63, 3.8) is 0 Å². The van der Waals surface area contributed by atoms with Crippen LogP contribution in [0.1, 0.15) is 54.1 Å². The Morgan fingerprint density at radius 1 is 0.971 bits per heavy atom. The smallest absolute Gasteiger partial charge is 0.328 e. The van der Waals surface area contributed by atoms with Crippen LogP contribution in [0.4, 0.5) is 4.39 Å².